The third-order valence-corrected chi connectivity index (χ3v) is 5.76. The highest BCUT2D eigenvalue weighted by Gasteiger charge is 2.18. The van der Waals surface area contributed by atoms with Crippen molar-refractivity contribution in [1.29, 1.82) is 0 Å². The monoisotopic (exact) mass is 333 g/mol. The highest BCUT2D eigenvalue weighted by molar-refractivity contribution is 7.99. The fourth-order valence-electron chi connectivity index (χ4n) is 2.20. The number of aryl methyl sites for hydroxylation is 2. The maximum absolute atomic E-state index is 12.3. The van der Waals surface area contributed by atoms with Crippen molar-refractivity contribution in [3.8, 4) is 0 Å². The van der Waals surface area contributed by atoms with Gasteiger partial charge in [-0.1, -0.05) is 0 Å². The number of thioether (sulfide) groups is 1. The molecule has 0 aliphatic rings. The summed E-state index contributed by atoms with van der Waals surface area (Å²) < 4.78 is 0.817. The van der Waals surface area contributed by atoms with Crippen LogP contribution in [0.15, 0.2) is 34.2 Å². The third-order valence-electron chi connectivity index (χ3n) is 3.53. The molecule has 0 bridgehead atoms. The average molecular weight is 333 g/mol. The van der Waals surface area contributed by atoms with E-state index < -0.39 is 0 Å². The summed E-state index contributed by atoms with van der Waals surface area (Å²) >= 11 is 2.90. The number of nitrogens with zero attached hydrogens (tertiary/aromatic N) is 2. The SMILES string of the molecule is Cc1sc2nc([C@H](C)Sc3cccc[n+]3[O-])[nH]c(=O)c2c1C. The van der Waals surface area contributed by atoms with Crippen LogP contribution in [0.25, 0.3) is 10.2 Å². The minimum atomic E-state index is -0.123. The lowest BCUT2D eigenvalue weighted by atomic mass is 10.2. The Morgan fingerprint density at radius 2 is 2.18 bits per heavy atom. The van der Waals surface area contributed by atoms with Gasteiger partial charge in [0.25, 0.3) is 10.6 Å². The number of pyridine rings is 1. The number of aromatic nitrogens is 3. The van der Waals surface area contributed by atoms with Crippen molar-refractivity contribution in [1.82, 2.24) is 9.97 Å². The van der Waals surface area contributed by atoms with E-state index in [4.69, 9.17) is 0 Å². The van der Waals surface area contributed by atoms with Crippen LogP contribution in [0.2, 0.25) is 0 Å². The van der Waals surface area contributed by atoms with Crippen molar-refractivity contribution in [2.45, 2.75) is 31.0 Å². The van der Waals surface area contributed by atoms with E-state index in [-0.39, 0.29) is 10.8 Å². The second-order valence-corrected chi connectivity index (χ2v) is 7.60. The van der Waals surface area contributed by atoms with Gasteiger partial charge < -0.3 is 10.2 Å². The molecular weight excluding hydrogens is 318 g/mol. The lowest BCUT2D eigenvalue weighted by Crippen LogP contribution is -2.28. The summed E-state index contributed by atoms with van der Waals surface area (Å²) in [6.07, 6.45) is 1.46. The molecule has 1 atom stereocenters. The summed E-state index contributed by atoms with van der Waals surface area (Å²) in [4.78, 5) is 21.6. The summed E-state index contributed by atoms with van der Waals surface area (Å²) in [5.41, 5.74) is 0.874. The second kappa shape index (κ2) is 5.73. The zero-order chi connectivity index (χ0) is 15.9. The lowest BCUT2D eigenvalue weighted by molar-refractivity contribution is -0.645. The largest absolute Gasteiger partial charge is 0.618 e. The quantitative estimate of drug-likeness (QED) is 0.454. The Labute approximate surface area is 135 Å². The second-order valence-electron chi connectivity index (χ2n) is 5.04. The summed E-state index contributed by atoms with van der Waals surface area (Å²) in [7, 11) is 0. The van der Waals surface area contributed by atoms with Gasteiger partial charge in [-0.25, -0.2) is 4.98 Å². The molecule has 0 aromatic carbocycles. The number of fused-ring (bicyclic) bond motifs is 1. The molecule has 7 heteroatoms. The first-order valence-corrected chi connectivity index (χ1v) is 8.51. The van der Waals surface area contributed by atoms with Crippen LogP contribution in [0.1, 0.15) is 28.4 Å². The molecule has 114 valence electrons. The molecule has 0 fully saturated rings. The number of rotatable bonds is 3. The lowest BCUT2D eigenvalue weighted by Gasteiger charge is -2.10. The smallest absolute Gasteiger partial charge is 0.259 e. The molecule has 1 N–H and O–H groups in total. The standard InChI is InChI=1S/C15H15N3O2S2/c1-8-9(2)22-15-12(8)14(19)16-13(17-15)10(3)21-11-6-4-5-7-18(11)20/h4-7,10H,1-3H3,(H,16,17,19)/t10-/m0/s1. The Morgan fingerprint density at radius 1 is 1.41 bits per heavy atom. The first-order chi connectivity index (χ1) is 10.5. The van der Waals surface area contributed by atoms with Crippen LogP contribution in [0.4, 0.5) is 0 Å². The van der Waals surface area contributed by atoms with Gasteiger partial charge in [-0.3, -0.25) is 4.79 Å². The molecule has 3 aromatic rings. The molecular formula is C15H15N3O2S2. The van der Waals surface area contributed by atoms with Crippen LogP contribution in [-0.4, -0.2) is 9.97 Å². The van der Waals surface area contributed by atoms with Gasteiger partial charge >= 0.3 is 0 Å². The first-order valence-electron chi connectivity index (χ1n) is 6.82. The van der Waals surface area contributed by atoms with E-state index >= 15 is 0 Å². The molecule has 0 saturated carbocycles. The maximum atomic E-state index is 12.3. The van der Waals surface area contributed by atoms with E-state index in [2.05, 4.69) is 9.97 Å². The van der Waals surface area contributed by atoms with E-state index in [0.717, 1.165) is 20.0 Å². The van der Waals surface area contributed by atoms with E-state index in [0.29, 0.717) is 16.2 Å². The van der Waals surface area contributed by atoms with Gasteiger partial charge in [0.1, 0.15) is 10.7 Å². The Bertz CT molecular complexity index is 901. The van der Waals surface area contributed by atoms with E-state index in [9.17, 15) is 10.0 Å². The van der Waals surface area contributed by atoms with Crippen LogP contribution < -0.4 is 10.3 Å². The van der Waals surface area contributed by atoms with Crippen LogP contribution >= 0.6 is 23.1 Å². The predicted octanol–water partition coefficient (Wildman–Crippen LogP) is 3.09. The van der Waals surface area contributed by atoms with Gasteiger partial charge in [0.2, 0.25) is 0 Å². The summed E-state index contributed by atoms with van der Waals surface area (Å²) in [5.74, 6) is 0.590. The number of thiophene rings is 1. The van der Waals surface area contributed by atoms with Crippen LogP contribution in [0.5, 0.6) is 0 Å². The summed E-state index contributed by atoms with van der Waals surface area (Å²) in [6.45, 7) is 5.85. The first kappa shape index (κ1) is 15.1. The minimum absolute atomic E-state index is 0.114. The van der Waals surface area contributed by atoms with Crippen molar-refractivity contribution in [3.63, 3.8) is 0 Å². The zero-order valence-electron chi connectivity index (χ0n) is 12.4. The van der Waals surface area contributed by atoms with Gasteiger partial charge in [-0.15, -0.1) is 11.3 Å². The van der Waals surface area contributed by atoms with E-state index in [1.54, 1.807) is 12.1 Å². The van der Waals surface area contributed by atoms with Gasteiger partial charge in [0.05, 0.1) is 10.6 Å². The Morgan fingerprint density at radius 3 is 2.91 bits per heavy atom. The Kier molecular flexibility index (Phi) is 3.92. The Balaban J connectivity index is 2.00. The Hall–Kier alpha value is -1.86. The molecule has 0 saturated heterocycles. The van der Waals surface area contributed by atoms with Crippen molar-refractivity contribution in [2.24, 2.45) is 0 Å². The number of aromatic amines is 1. The predicted molar refractivity (Wildman–Crippen MR) is 89.4 cm³/mol. The normalized spacial score (nSPS) is 12.7. The van der Waals surface area contributed by atoms with Crippen LogP contribution in [0.3, 0.4) is 0 Å². The van der Waals surface area contributed by atoms with Crippen molar-refractivity contribution < 1.29 is 4.73 Å². The maximum Gasteiger partial charge on any atom is 0.259 e. The van der Waals surface area contributed by atoms with Gasteiger partial charge in [0, 0.05) is 17.0 Å². The van der Waals surface area contributed by atoms with E-state index in [1.165, 1.54) is 29.3 Å². The fraction of sp³-hybridized carbons (Fsp3) is 0.267. The van der Waals surface area contributed by atoms with Crippen LogP contribution in [-0.2, 0) is 0 Å². The molecule has 3 aromatic heterocycles. The molecule has 0 spiro atoms. The highest BCUT2D eigenvalue weighted by atomic mass is 32.2. The number of hydrogen-bond acceptors (Lipinski definition) is 5. The third kappa shape index (κ3) is 2.62. The molecule has 3 rings (SSSR count). The van der Waals surface area contributed by atoms with Gasteiger partial charge in [-0.05, 0) is 44.2 Å². The van der Waals surface area contributed by atoms with Crippen molar-refractivity contribution >= 4 is 33.3 Å². The summed E-state index contributed by atoms with van der Waals surface area (Å²) in [6, 6.07) is 5.25. The fourth-order valence-corrected chi connectivity index (χ4v) is 4.15. The summed E-state index contributed by atoms with van der Waals surface area (Å²) in [5, 5.41) is 12.8. The molecule has 0 amide bonds. The number of nitrogens with one attached hydrogen (secondary N) is 1. The zero-order valence-corrected chi connectivity index (χ0v) is 14.0. The molecule has 5 nitrogen and oxygen atoms in total. The topological polar surface area (TPSA) is 72.7 Å². The number of H-pyrrole nitrogens is 1. The molecule has 0 radical (unpaired) electrons. The molecule has 0 unspecified atom stereocenters. The molecule has 3 heterocycles. The van der Waals surface area contributed by atoms with Gasteiger partial charge in [-0.2, -0.15) is 4.73 Å². The molecule has 0 aliphatic carbocycles. The number of hydrogen-bond donors (Lipinski definition) is 1. The average Bonchev–Trinajstić information content (AvgIpc) is 2.76. The van der Waals surface area contributed by atoms with Crippen molar-refractivity contribution in [3.05, 3.63) is 56.2 Å². The molecule has 22 heavy (non-hydrogen) atoms. The minimum Gasteiger partial charge on any atom is -0.618 e. The van der Waals surface area contributed by atoms with Crippen LogP contribution in [0, 0.1) is 19.1 Å². The van der Waals surface area contributed by atoms with E-state index in [1.807, 2.05) is 26.8 Å². The van der Waals surface area contributed by atoms with Crippen molar-refractivity contribution in [2.75, 3.05) is 0 Å². The highest BCUT2D eigenvalue weighted by Crippen LogP contribution is 2.32. The van der Waals surface area contributed by atoms with Gasteiger partial charge in [0.15, 0.2) is 6.20 Å². The molecule has 0 aliphatic heterocycles.